The number of likely N-dealkylation sites (tertiary alicyclic amines) is 1. The summed E-state index contributed by atoms with van der Waals surface area (Å²) in [6.07, 6.45) is 4.63. The van der Waals surface area contributed by atoms with Crippen LogP contribution in [0.4, 0.5) is 0 Å². The molecule has 0 unspecified atom stereocenters. The molecule has 1 saturated heterocycles. The van der Waals surface area contributed by atoms with Crippen LogP contribution in [0.2, 0.25) is 0 Å². The molecule has 1 aromatic rings. The Morgan fingerprint density at radius 3 is 2.48 bits per heavy atom. The van der Waals surface area contributed by atoms with Crippen LogP contribution in [0.1, 0.15) is 68.8 Å². The fourth-order valence-corrected chi connectivity index (χ4v) is 3.77. The van der Waals surface area contributed by atoms with Gasteiger partial charge in [0.15, 0.2) is 0 Å². The van der Waals surface area contributed by atoms with E-state index in [1.54, 1.807) is 0 Å². The number of aromatic nitrogens is 3. The average Bonchev–Trinajstić information content (AvgIpc) is 3.48. The van der Waals surface area contributed by atoms with Crippen molar-refractivity contribution in [3.8, 4) is 0 Å². The molecule has 2 N–H and O–H groups in total. The molecule has 2 amide bonds. The first kappa shape index (κ1) is 16.5. The number of H-pyrrole nitrogens is 1. The van der Waals surface area contributed by atoms with Crippen LogP contribution in [0, 0.1) is 17.3 Å². The minimum atomic E-state index is -0.393. The summed E-state index contributed by atoms with van der Waals surface area (Å²) >= 11 is 0. The molecule has 136 valence electrons. The van der Waals surface area contributed by atoms with Gasteiger partial charge in [0, 0.05) is 30.3 Å². The van der Waals surface area contributed by atoms with Crippen molar-refractivity contribution < 1.29 is 9.59 Å². The summed E-state index contributed by atoms with van der Waals surface area (Å²) in [5, 5.41) is 10.0. The predicted molar refractivity (Wildman–Crippen MR) is 91.9 cm³/mol. The van der Waals surface area contributed by atoms with E-state index >= 15 is 0 Å². The zero-order valence-corrected chi connectivity index (χ0v) is 15.2. The van der Waals surface area contributed by atoms with E-state index in [-0.39, 0.29) is 23.7 Å². The maximum atomic E-state index is 12.6. The molecule has 7 nitrogen and oxygen atoms in total. The Morgan fingerprint density at radius 1 is 1.16 bits per heavy atom. The predicted octanol–water partition coefficient (Wildman–Crippen LogP) is 1.69. The molecule has 2 aliphatic carbocycles. The SMILES string of the molecule is CC(C)(C)C(=O)N1C[C@@H](NC(=O)c2n[nH]c(C3CC3)n2)[C@H](C2CC2)C1. The van der Waals surface area contributed by atoms with Gasteiger partial charge in [-0.15, -0.1) is 5.10 Å². The highest BCUT2D eigenvalue weighted by Gasteiger charge is 2.46. The van der Waals surface area contributed by atoms with Crippen molar-refractivity contribution in [3.05, 3.63) is 11.6 Å². The molecule has 25 heavy (non-hydrogen) atoms. The quantitative estimate of drug-likeness (QED) is 0.869. The monoisotopic (exact) mass is 345 g/mol. The van der Waals surface area contributed by atoms with Gasteiger partial charge in [0.2, 0.25) is 11.7 Å². The fourth-order valence-electron chi connectivity index (χ4n) is 3.77. The van der Waals surface area contributed by atoms with E-state index in [0.717, 1.165) is 25.2 Å². The van der Waals surface area contributed by atoms with Crippen LogP contribution < -0.4 is 5.32 Å². The van der Waals surface area contributed by atoms with Crippen molar-refractivity contribution in [2.45, 2.75) is 58.4 Å². The summed E-state index contributed by atoms with van der Waals surface area (Å²) in [5.41, 5.74) is -0.393. The first-order valence-corrected chi connectivity index (χ1v) is 9.35. The smallest absolute Gasteiger partial charge is 0.291 e. The third kappa shape index (κ3) is 3.41. The number of carbonyl (C=O) groups excluding carboxylic acids is 2. The molecule has 2 atom stereocenters. The minimum absolute atomic E-state index is 0.00539. The molecule has 0 spiro atoms. The van der Waals surface area contributed by atoms with Crippen molar-refractivity contribution in [1.82, 2.24) is 25.4 Å². The molecule has 2 saturated carbocycles. The van der Waals surface area contributed by atoms with Gasteiger partial charge in [0.05, 0.1) is 6.04 Å². The molecular formula is C18H27N5O2. The summed E-state index contributed by atoms with van der Waals surface area (Å²) in [6, 6.07) is -0.00539. The van der Waals surface area contributed by atoms with E-state index in [4.69, 9.17) is 0 Å². The van der Waals surface area contributed by atoms with E-state index in [9.17, 15) is 9.59 Å². The molecule has 4 rings (SSSR count). The zero-order valence-electron chi connectivity index (χ0n) is 15.2. The Kier molecular flexibility index (Phi) is 3.85. The number of hydrogen-bond donors (Lipinski definition) is 2. The van der Waals surface area contributed by atoms with Gasteiger partial charge in [-0.05, 0) is 31.6 Å². The molecule has 7 heteroatoms. The highest BCUT2D eigenvalue weighted by atomic mass is 16.2. The van der Waals surface area contributed by atoms with Crippen LogP contribution in [0.15, 0.2) is 0 Å². The standard InChI is InChI=1S/C18H27N5O2/c1-18(2,3)17(25)23-8-12(10-4-5-10)13(9-23)19-16(24)15-20-14(21-22-15)11-6-7-11/h10-13H,4-9H2,1-3H3,(H,19,24)(H,20,21,22)/t12-,13+/m0/s1. The van der Waals surface area contributed by atoms with Crippen molar-refractivity contribution in [2.75, 3.05) is 13.1 Å². The lowest BCUT2D eigenvalue weighted by atomic mass is 9.95. The third-order valence-electron chi connectivity index (χ3n) is 5.51. The number of nitrogens with one attached hydrogen (secondary N) is 2. The molecular weight excluding hydrogens is 318 g/mol. The fraction of sp³-hybridized carbons (Fsp3) is 0.778. The van der Waals surface area contributed by atoms with Gasteiger partial charge in [-0.3, -0.25) is 14.7 Å². The van der Waals surface area contributed by atoms with Crippen LogP contribution in [-0.4, -0.2) is 51.0 Å². The van der Waals surface area contributed by atoms with E-state index in [0.29, 0.717) is 24.3 Å². The van der Waals surface area contributed by atoms with Crippen LogP contribution in [0.3, 0.4) is 0 Å². The molecule has 0 bridgehead atoms. The second-order valence-corrected chi connectivity index (χ2v) is 8.86. The highest BCUT2D eigenvalue weighted by Crippen LogP contribution is 2.42. The summed E-state index contributed by atoms with van der Waals surface area (Å²) in [7, 11) is 0. The lowest BCUT2D eigenvalue weighted by molar-refractivity contribution is -0.138. The number of nitrogens with zero attached hydrogens (tertiary/aromatic N) is 3. The van der Waals surface area contributed by atoms with Gasteiger partial charge in [-0.25, -0.2) is 4.98 Å². The van der Waals surface area contributed by atoms with Gasteiger partial charge in [-0.1, -0.05) is 20.8 Å². The lowest BCUT2D eigenvalue weighted by Crippen LogP contribution is -2.43. The van der Waals surface area contributed by atoms with Crippen LogP contribution in [-0.2, 0) is 4.79 Å². The maximum absolute atomic E-state index is 12.6. The van der Waals surface area contributed by atoms with Crippen LogP contribution in [0.25, 0.3) is 0 Å². The summed E-state index contributed by atoms with van der Waals surface area (Å²) in [6.45, 7) is 7.16. The van der Waals surface area contributed by atoms with E-state index in [2.05, 4.69) is 20.5 Å². The Morgan fingerprint density at radius 2 is 1.88 bits per heavy atom. The minimum Gasteiger partial charge on any atom is -0.344 e. The maximum Gasteiger partial charge on any atom is 0.291 e. The normalized spacial score (nSPS) is 26.8. The van der Waals surface area contributed by atoms with Crippen molar-refractivity contribution >= 4 is 11.8 Å². The summed E-state index contributed by atoms with van der Waals surface area (Å²) < 4.78 is 0. The molecule has 3 aliphatic rings. The number of rotatable bonds is 4. The number of amides is 2. The lowest BCUT2D eigenvalue weighted by Gasteiger charge is -2.25. The molecule has 3 fully saturated rings. The number of carbonyl (C=O) groups is 2. The second kappa shape index (κ2) is 5.81. The summed E-state index contributed by atoms with van der Waals surface area (Å²) in [5.74, 6) is 2.37. The van der Waals surface area contributed by atoms with Gasteiger partial charge in [0.25, 0.3) is 5.91 Å². The molecule has 1 aromatic heterocycles. The Labute approximate surface area is 148 Å². The van der Waals surface area contributed by atoms with Crippen molar-refractivity contribution in [1.29, 1.82) is 0 Å². The Balaban J connectivity index is 1.44. The summed E-state index contributed by atoms with van der Waals surface area (Å²) in [4.78, 5) is 31.4. The molecule has 2 heterocycles. The van der Waals surface area contributed by atoms with Crippen molar-refractivity contribution in [3.63, 3.8) is 0 Å². The zero-order chi connectivity index (χ0) is 17.8. The second-order valence-electron chi connectivity index (χ2n) is 8.86. The number of hydrogen-bond acceptors (Lipinski definition) is 4. The van der Waals surface area contributed by atoms with Gasteiger partial charge >= 0.3 is 0 Å². The van der Waals surface area contributed by atoms with E-state index in [1.165, 1.54) is 12.8 Å². The van der Waals surface area contributed by atoms with Crippen molar-refractivity contribution in [2.24, 2.45) is 17.3 Å². The Bertz CT molecular complexity index is 684. The molecule has 0 aromatic carbocycles. The highest BCUT2D eigenvalue weighted by molar-refractivity contribution is 5.90. The third-order valence-corrected chi connectivity index (χ3v) is 5.51. The van der Waals surface area contributed by atoms with Crippen LogP contribution in [0.5, 0.6) is 0 Å². The van der Waals surface area contributed by atoms with Crippen LogP contribution >= 0.6 is 0 Å². The van der Waals surface area contributed by atoms with Gasteiger partial charge in [0.1, 0.15) is 5.82 Å². The number of aromatic amines is 1. The first-order chi connectivity index (χ1) is 11.8. The topological polar surface area (TPSA) is 91.0 Å². The average molecular weight is 345 g/mol. The Hall–Kier alpha value is -1.92. The van der Waals surface area contributed by atoms with Gasteiger partial charge in [-0.2, -0.15) is 0 Å². The first-order valence-electron chi connectivity index (χ1n) is 9.35. The largest absolute Gasteiger partial charge is 0.344 e. The molecule has 1 aliphatic heterocycles. The van der Waals surface area contributed by atoms with Gasteiger partial charge < -0.3 is 10.2 Å². The molecule has 0 radical (unpaired) electrons. The van der Waals surface area contributed by atoms with E-state index < -0.39 is 5.41 Å². The van der Waals surface area contributed by atoms with E-state index in [1.807, 2.05) is 25.7 Å².